The summed E-state index contributed by atoms with van der Waals surface area (Å²) >= 11 is 1.80. The quantitative estimate of drug-likeness (QED) is 0.292. The van der Waals surface area contributed by atoms with E-state index in [1.807, 2.05) is 0 Å². The molecule has 0 saturated carbocycles. The highest BCUT2D eigenvalue weighted by Crippen LogP contribution is 2.41. The van der Waals surface area contributed by atoms with Crippen LogP contribution in [-0.4, -0.2) is 59.3 Å². The van der Waals surface area contributed by atoms with E-state index in [2.05, 4.69) is 73.9 Å². The first-order valence-corrected chi connectivity index (χ1v) is 14.0. The summed E-state index contributed by atoms with van der Waals surface area (Å²) in [6, 6.07) is 12.9. The molecule has 2 aromatic carbocycles. The Morgan fingerprint density at radius 2 is 1.12 bits per heavy atom. The van der Waals surface area contributed by atoms with Crippen molar-refractivity contribution in [2.45, 2.75) is 81.8 Å². The third-order valence-electron chi connectivity index (χ3n) is 7.23. The molecular formula is C29H44N2O2S. The van der Waals surface area contributed by atoms with Gasteiger partial charge in [-0.05, 0) is 106 Å². The van der Waals surface area contributed by atoms with E-state index < -0.39 is 12.2 Å². The first kappa shape index (κ1) is 27.2. The van der Waals surface area contributed by atoms with Gasteiger partial charge in [-0.1, -0.05) is 63.7 Å². The summed E-state index contributed by atoms with van der Waals surface area (Å²) < 4.78 is 0. The number of rotatable bonds is 14. The number of aliphatic hydroxyl groups is 2. The van der Waals surface area contributed by atoms with Gasteiger partial charge in [-0.2, -0.15) is 0 Å². The van der Waals surface area contributed by atoms with Crippen LogP contribution in [0.3, 0.4) is 0 Å². The Labute approximate surface area is 211 Å². The average molecular weight is 485 g/mol. The van der Waals surface area contributed by atoms with Crippen LogP contribution in [0.1, 0.15) is 87.8 Å². The maximum atomic E-state index is 10.8. The van der Waals surface area contributed by atoms with Gasteiger partial charge in [0, 0.05) is 9.79 Å². The van der Waals surface area contributed by atoms with Crippen molar-refractivity contribution in [3.8, 4) is 0 Å². The zero-order valence-electron chi connectivity index (χ0n) is 21.6. The van der Waals surface area contributed by atoms with E-state index in [4.69, 9.17) is 0 Å². The molecule has 2 atom stereocenters. The monoisotopic (exact) mass is 484 g/mol. The Morgan fingerprint density at radius 1 is 0.706 bits per heavy atom. The van der Waals surface area contributed by atoms with Crippen LogP contribution < -0.4 is 0 Å². The molecule has 34 heavy (non-hydrogen) atoms. The van der Waals surface area contributed by atoms with Gasteiger partial charge in [-0.3, -0.25) is 0 Å². The minimum Gasteiger partial charge on any atom is -0.388 e. The summed E-state index contributed by atoms with van der Waals surface area (Å²) in [5.74, 6) is 0. The van der Waals surface area contributed by atoms with Crippen molar-refractivity contribution < 1.29 is 10.2 Å². The maximum Gasteiger partial charge on any atom is 0.0790 e. The number of hydrogen-bond acceptors (Lipinski definition) is 5. The molecule has 4 nitrogen and oxygen atoms in total. The molecule has 0 fully saturated rings. The molecule has 3 rings (SSSR count). The normalized spacial score (nSPS) is 14.8. The molecule has 0 spiro atoms. The topological polar surface area (TPSA) is 46.9 Å². The van der Waals surface area contributed by atoms with Crippen molar-refractivity contribution >= 4 is 11.8 Å². The van der Waals surface area contributed by atoms with Crippen molar-refractivity contribution in [2.75, 3.05) is 39.3 Å². The third-order valence-corrected chi connectivity index (χ3v) is 8.47. The number of fused-ring (bicyclic) bond motifs is 2. The van der Waals surface area contributed by atoms with Crippen molar-refractivity contribution in [2.24, 2.45) is 0 Å². The molecular weight excluding hydrogens is 440 g/mol. The molecule has 1 aliphatic heterocycles. The van der Waals surface area contributed by atoms with Gasteiger partial charge in [0.2, 0.25) is 0 Å². The number of nitrogens with zero attached hydrogens (tertiary/aromatic N) is 2. The van der Waals surface area contributed by atoms with E-state index in [1.54, 1.807) is 11.8 Å². The molecule has 2 N–H and O–H groups in total. The van der Waals surface area contributed by atoms with Crippen LogP contribution in [0.15, 0.2) is 46.2 Å². The van der Waals surface area contributed by atoms with Crippen LogP contribution in [0.2, 0.25) is 0 Å². The third kappa shape index (κ3) is 7.32. The highest BCUT2D eigenvalue weighted by molar-refractivity contribution is 7.99. The van der Waals surface area contributed by atoms with Gasteiger partial charge >= 0.3 is 0 Å². The van der Waals surface area contributed by atoms with Crippen LogP contribution in [0.4, 0.5) is 0 Å². The lowest BCUT2D eigenvalue weighted by atomic mass is 9.95. The second-order valence-corrected chi connectivity index (χ2v) is 10.5. The Balaban J connectivity index is 1.61. The summed E-state index contributed by atoms with van der Waals surface area (Å²) in [5, 5.41) is 21.6. The Kier molecular flexibility index (Phi) is 10.9. The van der Waals surface area contributed by atoms with E-state index in [0.29, 0.717) is 0 Å². The Morgan fingerprint density at radius 3 is 1.50 bits per heavy atom. The minimum atomic E-state index is -0.411. The lowest BCUT2D eigenvalue weighted by Gasteiger charge is -2.23. The van der Waals surface area contributed by atoms with Gasteiger partial charge < -0.3 is 20.0 Å². The zero-order valence-corrected chi connectivity index (χ0v) is 22.4. The van der Waals surface area contributed by atoms with Crippen molar-refractivity contribution in [1.82, 2.24) is 9.80 Å². The number of aliphatic hydroxyl groups excluding tert-OH is 2. The highest BCUT2D eigenvalue weighted by Gasteiger charge is 2.20. The van der Waals surface area contributed by atoms with E-state index in [0.717, 1.165) is 82.5 Å². The molecule has 0 aliphatic carbocycles. The molecule has 0 radical (unpaired) electrons. The lowest BCUT2D eigenvalue weighted by molar-refractivity contribution is 0.156. The van der Waals surface area contributed by atoms with Crippen molar-refractivity contribution in [3.63, 3.8) is 0 Å². The fourth-order valence-electron chi connectivity index (χ4n) is 4.84. The molecule has 1 heterocycles. The standard InChI is InChI=1S/C29H44N2O2S/c1-5-30(6-2)17-9-11-26(32)22-13-15-28-24(19-22)21-25-20-23(14-16-29(25)34-28)27(33)12-10-18-31(7-3)8-4/h13-16,19-20,26-27,32-33H,5-12,17-18,21H2,1-4H3. The van der Waals surface area contributed by atoms with E-state index >= 15 is 0 Å². The highest BCUT2D eigenvalue weighted by atomic mass is 32.2. The van der Waals surface area contributed by atoms with Crippen molar-refractivity contribution in [3.05, 3.63) is 58.7 Å². The molecule has 5 heteroatoms. The molecule has 188 valence electrons. The first-order valence-electron chi connectivity index (χ1n) is 13.2. The molecule has 2 aromatic rings. The van der Waals surface area contributed by atoms with Gasteiger partial charge in [-0.25, -0.2) is 0 Å². The summed E-state index contributed by atoms with van der Waals surface area (Å²) in [7, 11) is 0. The van der Waals surface area contributed by atoms with Gasteiger partial charge in [0.1, 0.15) is 0 Å². The van der Waals surface area contributed by atoms with Crippen LogP contribution >= 0.6 is 11.8 Å². The first-order chi connectivity index (χ1) is 16.5. The average Bonchev–Trinajstić information content (AvgIpc) is 2.87. The van der Waals surface area contributed by atoms with Crippen molar-refractivity contribution in [1.29, 1.82) is 0 Å². The summed E-state index contributed by atoms with van der Waals surface area (Å²) in [6.45, 7) is 15.1. The minimum absolute atomic E-state index is 0.411. The number of hydrogen-bond donors (Lipinski definition) is 2. The van der Waals surface area contributed by atoms with E-state index in [-0.39, 0.29) is 0 Å². The molecule has 0 saturated heterocycles. The Bertz CT molecular complexity index is 824. The van der Waals surface area contributed by atoms with Crippen LogP contribution in [-0.2, 0) is 6.42 Å². The molecule has 0 amide bonds. The maximum absolute atomic E-state index is 10.8. The molecule has 2 unspecified atom stereocenters. The lowest BCUT2D eigenvalue weighted by Crippen LogP contribution is -2.24. The van der Waals surface area contributed by atoms with Gasteiger partial charge in [-0.15, -0.1) is 0 Å². The second-order valence-electron chi connectivity index (χ2n) is 9.38. The largest absolute Gasteiger partial charge is 0.388 e. The van der Waals surface area contributed by atoms with Crippen LogP contribution in [0.5, 0.6) is 0 Å². The summed E-state index contributed by atoms with van der Waals surface area (Å²) in [5.41, 5.74) is 4.61. The zero-order chi connectivity index (χ0) is 24.5. The fourth-order valence-corrected chi connectivity index (χ4v) is 5.88. The van der Waals surface area contributed by atoms with Gasteiger partial charge in [0.15, 0.2) is 0 Å². The molecule has 0 bridgehead atoms. The second kappa shape index (κ2) is 13.6. The van der Waals surface area contributed by atoms with Crippen LogP contribution in [0.25, 0.3) is 0 Å². The fraction of sp³-hybridized carbons (Fsp3) is 0.586. The summed E-state index contributed by atoms with van der Waals surface area (Å²) in [4.78, 5) is 7.36. The number of benzene rings is 2. The SMILES string of the molecule is CCN(CC)CCCC(O)c1ccc2c(c1)Cc1cc(C(O)CCCN(CC)CC)ccc1S2. The predicted molar refractivity (Wildman–Crippen MR) is 144 cm³/mol. The smallest absolute Gasteiger partial charge is 0.0790 e. The molecule has 0 aromatic heterocycles. The molecule has 1 aliphatic rings. The predicted octanol–water partition coefficient (Wildman–Crippen LogP) is 6.05. The van der Waals surface area contributed by atoms with E-state index in [1.165, 1.54) is 20.9 Å². The Hall–Kier alpha value is -1.37. The van der Waals surface area contributed by atoms with Crippen LogP contribution in [0, 0.1) is 0 Å². The van der Waals surface area contributed by atoms with Gasteiger partial charge in [0.25, 0.3) is 0 Å². The van der Waals surface area contributed by atoms with Gasteiger partial charge in [0.05, 0.1) is 12.2 Å². The van der Waals surface area contributed by atoms with E-state index in [9.17, 15) is 10.2 Å². The summed E-state index contributed by atoms with van der Waals surface area (Å²) in [6.07, 6.45) is 3.64.